The van der Waals surface area contributed by atoms with Crippen LogP contribution in [0.2, 0.25) is 0 Å². The average molecular weight is 561 g/mol. The van der Waals surface area contributed by atoms with Gasteiger partial charge in [0.1, 0.15) is 0 Å². The van der Waals surface area contributed by atoms with E-state index >= 15 is 0 Å². The van der Waals surface area contributed by atoms with E-state index in [1.807, 2.05) is 43.9 Å². The lowest BCUT2D eigenvalue weighted by molar-refractivity contribution is -0.126. The van der Waals surface area contributed by atoms with Crippen molar-refractivity contribution in [2.24, 2.45) is 0 Å². The van der Waals surface area contributed by atoms with Gasteiger partial charge in [-0.2, -0.15) is 0 Å². The molecule has 0 atom stereocenters. The first-order chi connectivity index (χ1) is 19.2. The lowest BCUT2D eigenvalue weighted by atomic mass is 10.0. The fraction of sp³-hybridized carbons (Fsp3) is 0.382. The van der Waals surface area contributed by atoms with Crippen molar-refractivity contribution in [2.75, 3.05) is 25.0 Å². The van der Waals surface area contributed by atoms with Gasteiger partial charge < -0.3 is 10.2 Å². The van der Waals surface area contributed by atoms with Crippen molar-refractivity contribution in [1.29, 1.82) is 0 Å². The molecule has 1 N–H and O–H groups in total. The number of likely N-dealkylation sites (N-methyl/N-ethyl adjacent to an activating group) is 1. The lowest BCUT2D eigenvalue weighted by Crippen LogP contribution is -2.35. The fourth-order valence-corrected chi connectivity index (χ4v) is 4.39. The second-order valence-corrected chi connectivity index (χ2v) is 10.4. The number of nitrogens with zero attached hydrogens (tertiary/aromatic N) is 3. The maximum absolute atomic E-state index is 13.4. The molecule has 0 aliphatic rings. The first-order valence-electron chi connectivity index (χ1n) is 14.1. The monoisotopic (exact) mass is 560 g/mol. The Hall–Kier alpha value is -3.44. The number of nitrogens with one attached hydrogen (secondary N) is 1. The number of benzene rings is 1. The molecule has 0 aliphatic heterocycles. The van der Waals surface area contributed by atoms with Crippen LogP contribution >= 0.6 is 11.6 Å². The van der Waals surface area contributed by atoms with Gasteiger partial charge in [0.2, 0.25) is 5.91 Å². The van der Waals surface area contributed by atoms with Crippen LogP contribution in [0.1, 0.15) is 80.9 Å². The summed E-state index contributed by atoms with van der Waals surface area (Å²) < 4.78 is 0. The highest BCUT2D eigenvalue weighted by molar-refractivity contribution is 6.31. The van der Waals surface area contributed by atoms with Crippen LogP contribution in [0.3, 0.4) is 0 Å². The van der Waals surface area contributed by atoms with Crippen LogP contribution < -0.4 is 5.32 Å². The lowest BCUT2D eigenvalue weighted by Gasteiger charge is -2.22. The van der Waals surface area contributed by atoms with Gasteiger partial charge in [0, 0.05) is 35.9 Å². The molecular formula is C34H45ClN4O. The SMILES string of the molecule is C=C/C(Cl)=C\C=C(/C)c1nc(C=C)c(/C=C(\C)C(=O)N(CC)CCNc2cccc(C)c2C)nc1CCCCC. The molecule has 6 heteroatoms. The molecule has 1 aromatic carbocycles. The van der Waals surface area contributed by atoms with E-state index < -0.39 is 0 Å². The average Bonchev–Trinajstić information content (AvgIpc) is 2.95. The third-order valence-electron chi connectivity index (χ3n) is 6.96. The molecule has 0 bridgehead atoms. The van der Waals surface area contributed by atoms with Crippen LogP contribution in [0.4, 0.5) is 5.69 Å². The molecule has 1 amide bonds. The number of aryl methyl sites for hydroxylation is 2. The van der Waals surface area contributed by atoms with E-state index in [4.69, 9.17) is 21.6 Å². The van der Waals surface area contributed by atoms with Crippen LogP contribution in [0, 0.1) is 13.8 Å². The Bertz CT molecular complexity index is 1290. The Labute approximate surface area is 246 Å². The number of hydrogen-bond acceptors (Lipinski definition) is 4. The zero-order valence-corrected chi connectivity index (χ0v) is 25.9. The van der Waals surface area contributed by atoms with E-state index in [0.29, 0.717) is 41.6 Å². The van der Waals surface area contributed by atoms with Crippen molar-refractivity contribution < 1.29 is 4.79 Å². The summed E-state index contributed by atoms with van der Waals surface area (Å²) in [5.41, 5.74) is 8.19. The summed E-state index contributed by atoms with van der Waals surface area (Å²) >= 11 is 6.12. The van der Waals surface area contributed by atoms with Crippen LogP contribution in [0.25, 0.3) is 17.7 Å². The van der Waals surface area contributed by atoms with E-state index in [9.17, 15) is 4.79 Å². The molecule has 1 heterocycles. The first kappa shape index (κ1) is 32.8. The number of carbonyl (C=O) groups excluding carboxylic acids is 1. The van der Waals surface area contributed by atoms with Crippen molar-refractivity contribution in [1.82, 2.24) is 14.9 Å². The van der Waals surface area contributed by atoms with Gasteiger partial charge in [-0.25, -0.2) is 9.97 Å². The normalized spacial score (nSPS) is 12.3. The van der Waals surface area contributed by atoms with Crippen LogP contribution in [0.15, 0.2) is 60.2 Å². The largest absolute Gasteiger partial charge is 0.383 e. The molecule has 0 aliphatic carbocycles. The number of hydrogen-bond donors (Lipinski definition) is 1. The Kier molecular flexibility index (Phi) is 13.6. The van der Waals surface area contributed by atoms with Gasteiger partial charge >= 0.3 is 0 Å². The topological polar surface area (TPSA) is 58.1 Å². The molecular weight excluding hydrogens is 516 g/mol. The molecule has 0 fully saturated rings. The highest BCUT2D eigenvalue weighted by Crippen LogP contribution is 2.23. The summed E-state index contributed by atoms with van der Waals surface area (Å²) in [6.45, 7) is 21.8. The van der Waals surface area contributed by atoms with E-state index in [1.54, 1.807) is 18.2 Å². The molecule has 2 rings (SSSR count). The number of carbonyl (C=O) groups is 1. The molecule has 2 aromatic rings. The zero-order chi connectivity index (χ0) is 29.7. The molecule has 0 saturated carbocycles. The summed E-state index contributed by atoms with van der Waals surface area (Å²) in [6, 6.07) is 6.22. The fourth-order valence-electron chi connectivity index (χ4n) is 4.33. The van der Waals surface area contributed by atoms with Crippen molar-refractivity contribution in [3.63, 3.8) is 0 Å². The highest BCUT2D eigenvalue weighted by Gasteiger charge is 2.17. The summed E-state index contributed by atoms with van der Waals surface area (Å²) in [5, 5.41) is 4.04. The standard InChI is InChI=1S/C34H45ClN4O/c1-9-13-14-17-31-33(25(6)19-20-28(35)10-2)38-29(11-3)32(37-31)23-26(7)34(40)39(12-4)22-21-36-30-18-15-16-24(5)27(30)8/h10-11,15-16,18-20,23,36H,2-3,9,12-14,17,21-22H2,1,4-8H3/b25-19+,26-23+,28-20+. The Morgan fingerprint density at radius 2 is 1.82 bits per heavy atom. The number of aromatic nitrogens is 2. The van der Waals surface area contributed by atoms with Gasteiger partial charge in [0.25, 0.3) is 0 Å². The maximum Gasteiger partial charge on any atom is 0.249 e. The number of anilines is 1. The van der Waals surface area contributed by atoms with E-state index in [0.717, 1.165) is 48.3 Å². The third kappa shape index (κ3) is 9.34. The minimum absolute atomic E-state index is 0.0148. The van der Waals surface area contributed by atoms with Crippen LogP contribution in [0.5, 0.6) is 0 Å². The Balaban J connectivity index is 2.33. The van der Waals surface area contributed by atoms with Crippen molar-refractivity contribution in [3.8, 4) is 0 Å². The maximum atomic E-state index is 13.4. The van der Waals surface area contributed by atoms with Crippen molar-refractivity contribution >= 4 is 40.9 Å². The molecule has 0 radical (unpaired) electrons. The minimum Gasteiger partial charge on any atom is -0.383 e. The summed E-state index contributed by atoms with van der Waals surface area (Å²) in [5.74, 6) is -0.0148. The Morgan fingerprint density at radius 1 is 1.07 bits per heavy atom. The molecule has 0 unspecified atom stereocenters. The van der Waals surface area contributed by atoms with Gasteiger partial charge in [-0.15, -0.1) is 0 Å². The smallest absolute Gasteiger partial charge is 0.249 e. The van der Waals surface area contributed by atoms with Crippen molar-refractivity contribution in [2.45, 2.75) is 67.2 Å². The van der Waals surface area contributed by atoms with Gasteiger partial charge in [0.15, 0.2) is 0 Å². The highest BCUT2D eigenvalue weighted by atomic mass is 35.5. The summed E-state index contributed by atoms with van der Waals surface area (Å²) in [6.07, 6.45) is 12.9. The van der Waals surface area contributed by atoms with Crippen LogP contribution in [-0.4, -0.2) is 40.4 Å². The number of amides is 1. The molecule has 40 heavy (non-hydrogen) atoms. The molecule has 1 aromatic heterocycles. The van der Waals surface area contributed by atoms with E-state index in [2.05, 4.69) is 51.4 Å². The Morgan fingerprint density at radius 3 is 2.48 bits per heavy atom. The third-order valence-corrected chi connectivity index (χ3v) is 7.24. The zero-order valence-electron chi connectivity index (χ0n) is 25.1. The summed E-state index contributed by atoms with van der Waals surface area (Å²) in [4.78, 5) is 25.2. The second-order valence-electron chi connectivity index (χ2n) is 9.94. The predicted molar refractivity (Wildman–Crippen MR) is 173 cm³/mol. The van der Waals surface area contributed by atoms with Crippen molar-refractivity contribution in [3.05, 3.63) is 94.1 Å². The minimum atomic E-state index is -0.0148. The number of halogens is 1. The number of unbranched alkanes of at least 4 members (excludes halogenated alkanes) is 2. The molecule has 5 nitrogen and oxygen atoms in total. The molecule has 0 spiro atoms. The van der Waals surface area contributed by atoms with Crippen LogP contribution in [-0.2, 0) is 11.2 Å². The molecule has 214 valence electrons. The van der Waals surface area contributed by atoms with Gasteiger partial charge in [-0.3, -0.25) is 4.79 Å². The first-order valence-corrected chi connectivity index (χ1v) is 14.5. The van der Waals surface area contributed by atoms with Gasteiger partial charge in [-0.05, 0) is 88.5 Å². The van der Waals surface area contributed by atoms with E-state index in [-0.39, 0.29) is 5.91 Å². The van der Waals surface area contributed by atoms with Gasteiger partial charge in [0.05, 0.1) is 22.8 Å². The van der Waals surface area contributed by atoms with E-state index in [1.165, 1.54) is 11.1 Å². The summed E-state index contributed by atoms with van der Waals surface area (Å²) in [7, 11) is 0. The number of allylic oxidation sites excluding steroid dienone is 5. The predicted octanol–water partition coefficient (Wildman–Crippen LogP) is 8.55. The second kappa shape index (κ2) is 16.6. The van der Waals surface area contributed by atoms with Gasteiger partial charge in [-0.1, -0.05) is 68.8 Å². The molecule has 0 saturated heterocycles. The number of rotatable bonds is 15. The quantitative estimate of drug-likeness (QED) is 0.135.